The largest absolute Gasteiger partial charge is 0.496 e. The van der Waals surface area contributed by atoms with E-state index in [1.165, 1.54) is 19.3 Å². The monoisotopic (exact) mass is 459 g/mol. The minimum absolute atomic E-state index is 0.00481. The van der Waals surface area contributed by atoms with Gasteiger partial charge in [0, 0.05) is 5.57 Å². The summed E-state index contributed by atoms with van der Waals surface area (Å²) in [4.78, 5) is 53.9. The maximum atomic E-state index is 14.2. The predicted molar refractivity (Wildman–Crippen MR) is 126 cm³/mol. The summed E-state index contributed by atoms with van der Waals surface area (Å²) in [7, 11) is 1.51. The molecule has 1 aliphatic heterocycles. The van der Waals surface area contributed by atoms with Gasteiger partial charge in [0.15, 0.2) is 11.6 Å². The van der Waals surface area contributed by atoms with Crippen molar-refractivity contribution < 1.29 is 28.7 Å². The van der Waals surface area contributed by atoms with Gasteiger partial charge in [-0.25, -0.2) is 9.69 Å². The molecule has 0 aromatic heterocycles. The van der Waals surface area contributed by atoms with Crippen LogP contribution in [0, 0.1) is 0 Å². The molecular formula is C27H25NO6. The van der Waals surface area contributed by atoms with Gasteiger partial charge >= 0.3 is 6.09 Å². The van der Waals surface area contributed by atoms with Gasteiger partial charge in [0.05, 0.1) is 12.8 Å². The lowest BCUT2D eigenvalue weighted by Crippen LogP contribution is -2.48. The third-order valence-corrected chi connectivity index (χ3v) is 5.81. The average Bonchev–Trinajstić information content (AvgIpc) is 3.03. The fourth-order valence-electron chi connectivity index (χ4n) is 4.44. The Morgan fingerprint density at radius 1 is 0.971 bits per heavy atom. The van der Waals surface area contributed by atoms with Gasteiger partial charge in [-0.1, -0.05) is 36.4 Å². The van der Waals surface area contributed by atoms with Crippen molar-refractivity contribution in [3.8, 4) is 5.75 Å². The molecule has 1 unspecified atom stereocenters. The molecule has 2 aromatic carbocycles. The summed E-state index contributed by atoms with van der Waals surface area (Å²) in [6.07, 6.45) is 2.67. The molecular weight excluding hydrogens is 434 g/mol. The van der Waals surface area contributed by atoms with Crippen LogP contribution in [0.4, 0.5) is 10.5 Å². The normalized spacial score (nSPS) is 19.7. The third-order valence-electron chi connectivity index (χ3n) is 5.81. The number of anilines is 1. The highest BCUT2D eigenvalue weighted by atomic mass is 16.6. The Morgan fingerprint density at radius 3 is 2.35 bits per heavy atom. The molecule has 4 rings (SSSR count). The number of fused-ring (bicyclic) bond motifs is 1. The lowest BCUT2D eigenvalue weighted by molar-refractivity contribution is -0.124. The van der Waals surface area contributed by atoms with Crippen molar-refractivity contribution in [3.63, 3.8) is 0 Å². The van der Waals surface area contributed by atoms with E-state index in [4.69, 9.17) is 9.47 Å². The molecule has 0 saturated heterocycles. The fraction of sp³-hybridized carbons (Fsp3) is 0.259. The lowest BCUT2D eigenvalue weighted by Gasteiger charge is -2.32. The Labute approximate surface area is 197 Å². The fourth-order valence-corrected chi connectivity index (χ4v) is 4.44. The van der Waals surface area contributed by atoms with Crippen LogP contribution in [0.3, 0.4) is 0 Å². The quantitative estimate of drug-likeness (QED) is 0.640. The second kappa shape index (κ2) is 8.41. The molecule has 7 nitrogen and oxygen atoms in total. The first-order valence-corrected chi connectivity index (χ1v) is 10.9. The van der Waals surface area contributed by atoms with Crippen LogP contribution in [-0.2, 0) is 31.0 Å². The maximum Gasteiger partial charge on any atom is 0.421 e. The summed E-state index contributed by atoms with van der Waals surface area (Å²) < 4.78 is 11.0. The van der Waals surface area contributed by atoms with Crippen molar-refractivity contribution in [1.82, 2.24) is 0 Å². The molecule has 174 valence electrons. The van der Waals surface area contributed by atoms with E-state index >= 15 is 0 Å². The number of ketones is 2. The molecule has 0 saturated carbocycles. The number of imide groups is 1. The van der Waals surface area contributed by atoms with Crippen LogP contribution < -0.4 is 9.64 Å². The number of benzene rings is 2. The summed E-state index contributed by atoms with van der Waals surface area (Å²) in [6, 6.07) is 13.9. The molecule has 0 bridgehead atoms. The third kappa shape index (κ3) is 3.83. The minimum Gasteiger partial charge on any atom is -0.496 e. The number of para-hydroxylation sites is 2. The smallest absolute Gasteiger partial charge is 0.421 e. The molecule has 2 amide bonds. The van der Waals surface area contributed by atoms with E-state index in [2.05, 4.69) is 0 Å². The second-order valence-electron chi connectivity index (χ2n) is 9.19. The van der Waals surface area contributed by atoms with E-state index in [1.807, 2.05) is 0 Å². The number of rotatable bonds is 4. The number of carbonyl (C=O) groups is 4. The van der Waals surface area contributed by atoms with Gasteiger partial charge < -0.3 is 9.47 Å². The van der Waals surface area contributed by atoms with E-state index < -0.39 is 34.6 Å². The Bertz CT molecular complexity index is 1270. The number of methoxy groups -OCH3 is 1. The average molecular weight is 459 g/mol. The number of hydrogen-bond acceptors (Lipinski definition) is 6. The summed E-state index contributed by atoms with van der Waals surface area (Å²) in [5.74, 6) is -1.01. The van der Waals surface area contributed by atoms with Crippen LogP contribution in [0.5, 0.6) is 5.75 Å². The van der Waals surface area contributed by atoms with Gasteiger partial charge in [0.2, 0.25) is 0 Å². The van der Waals surface area contributed by atoms with Gasteiger partial charge in [-0.05, 0) is 68.7 Å². The second-order valence-corrected chi connectivity index (χ2v) is 9.19. The highest BCUT2D eigenvalue weighted by Gasteiger charge is 2.57. The van der Waals surface area contributed by atoms with E-state index in [0.29, 0.717) is 22.6 Å². The van der Waals surface area contributed by atoms with Crippen molar-refractivity contribution in [2.24, 2.45) is 0 Å². The van der Waals surface area contributed by atoms with Crippen LogP contribution in [0.1, 0.15) is 31.9 Å². The van der Waals surface area contributed by atoms with Crippen LogP contribution in [0.2, 0.25) is 0 Å². The molecule has 1 atom stereocenters. The van der Waals surface area contributed by atoms with Gasteiger partial charge in [-0.15, -0.1) is 0 Å². The van der Waals surface area contributed by atoms with Gasteiger partial charge in [0.1, 0.15) is 16.8 Å². The maximum absolute atomic E-state index is 14.2. The van der Waals surface area contributed by atoms with E-state index in [1.54, 1.807) is 69.3 Å². The van der Waals surface area contributed by atoms with Crippen molar-refractivity contribution in [2.75, 3.05) is 12.0 Å². The first-order chi connectivity index (χ1) is 16.1. The summed E-state index contributed by atoms with van der Waals surface area (Å²) in [5.41, 5.74) is -1.06. The first-order valence-electron chi connectivity index (χ1n) is 10.9. The molecule has 7 heteroatoms. The Morgan fingerprint density at radius 2 is 1.65 bits per heavy atom. The molecule has 34 heavy (non-hydrogen) atoms. The summed E-state index contributed by atoms with van der Waals surface area (Å²) in [5, 5.41) is 0. The zero-order chi connectivity index (χ0) is 24.7. The van der Waals surface area contributed by atoms with Crippen molar-refractivity contribution in [1.29, 1.82) is 0 Å². The van der Waals surface area contributed by atoms with Gasteiger partial charge in [0.25, 0.3) is 5.91 Å². The SMILES string of the molecule is COc1ccccc1CC1(C2=CC(=O)C=CC2=O)C(=O)N(C(=O)OC(C)(C)C)c2ccccc21. The number of allylic oxidation sites excluding steroid dienone is 3. The van der Waals surface area contributed by atoms with Crippen molar-refractivity contribution >= 4 is 29.3 Å². The molecule has 1 aliphatic carbocycles. The molecule has 0 N–H and O–H groups in total. The Kier molecular flexibility index (Phi) is 5.73. The Hall–Kier alpha value is -4.00. The van der Waals surface area contributed by atoms with E-state index in [-0.39, 0.29) is 12.0 Å². The highest BCUT2D eigenvalue weighted by molar-refractivity contribution is 6.29. The van der Waals surface area contributed by atoms with Crippen molar-refractivity contribution in [2.45, 2.75) is 38.2 Å². The molecule has 2 aliphatic rings. The van der Waals surface area contributed by atoms with Crippen LogP contribution in [0.15, 0.2) is 72.3 Å². The molecule has 2 aromatic rings. The van der Waals surface area contributed by atoms with Gasteiger partial charge in [-0.2, -0.15) is 0 Å². The van der Waals surface area contributed by atoms with E-state index in [9.17, 15) is 19.2 Å². The number of carbonyl (C=O) groups excluding carboxylic acids is 4. The van der Waals surface area contributed by atoms with Crippen LogP contribution in [0.25, 0.3) is 0 Å². The Balaban J connectivity index is 1.98. The molecule has 0 fully saturated rings. The zero-order valence-corrected chi connectivity index (χ0v) is 19.5. The van der Waals surface area contributed by atoms with Crippen molar-refractivity contribution in [3.05, 3.63) is 83.5 Å². The summed E-state index contributed by atoms with van der Waals surface area (Å²) >= 11 is 0. The topological polar surface area (TPSA) is 90.0 Å². The minimum atomic E-state index is -1.63. The molecule has 0 spiro atoms. The van der Waals surface area contributed by atoms with Crippen LogP contribution in [-0.4, -0.2) is 36.3 Å². The van der Waals surface area contributed by atoms with Crippen LogP contribution >= 0.6 is 0 Å². The first kappa shape index (κ1) is 23.2. The number of nitrogens with zero attached hydrogens (tertiary/aromatic N) is 1. The van der Waals surface area contributed by atoms with E-state index in [0.717, 1.165) is 11.0 Å². The van der Waals surface area contributed by atoms with Gasteiger partial charge in [-0.3, -0.25) is 14.4 Å². The summed E-state index contributed by atoms with van der Waals surface area (Å²) in [6.45, 7) is 5.11. The number of amides is 2. The zero-order valence-electron chi connectivity index (χ0n) is 19.5. The lowest BCUT2D eigenvalue weighted by atomic mass is 9.68. The molecule has 1 heterocycles. The number of hydrogen-bond donors (Lipinski definition) is 0. The number of ether oxygens (including phenoxy) is 2. The molecule has 0 radical (unpaired) electrons. The standard InChI is InChI=1S/C27H25NO6/c1-26(2,3)34-25(32)28-21-11-7-6-10-19(21)27(24(28)31,20-15-18(29)13-14-22(20)30)16-17-9-5-8-12-23(17)33-4/h5-15H,16H2,1-4H3. The predicted octanol–water partition coefficient (Wildman–Crippen LogP) is 4.09. The highest BCUT2D eigenvalue weighted by Crippen LogP contribution is 2.50.